The van der Waals surface area contributed by atoms with E-state index < -0.39 is 5.82 Å². The summed E-state index contributed by atoms with van der Waals surface area (Å²) in [5.41, 5.74) is 7.37. The highest BCUT2D eigenvalue weighted by Crippen LogP contribution is 2.30. The summed E-state index contributed by atoms with van der Waals surface area (Å²) in [5, 5.41) is 3.81. The molecule has 1 aromatic heterocycles. The van der Waals surface area contributed by atoms with E-state index in [1.807, 2.05) is 0 Å². The van der Waals surface area contributed by atoms with Gasteiger partial charge in [-0.05, 0) is 36.4 Å². The Balaban J connectivity index is 2.02. The number of benzene rings is 2. The van der Waals surface area contributed by atoms with Crippen LogP contribution in [0.3, 0.4) is 0 Å². The van der Waals surface area contributed by atoms with Crippen molar-refractivity contribution < 1.29 is 8.91 Å². The number of hydrogen-bond donors (Lipinski definition) is 1. The van der Waals surface area contributed by atoms with Crippen molar-refractivity contribution in [1.29, 1.82) is 0 Å². The van der Waals surface area contributed by atoms with Crippen molar-refractivity contribution >= 4 is 17.3 Å². The maximum Gasteiger partial charge on any atom is 0.259 e. The van der Waals surface area contributed by atoms with E-state index in [4.69, 9.17) is 21.9 Å². The second kappa shape index (κ2) is 4.94. The van der Waals surface area contributed by atoms with Crippen LogP contribution in [0.25, 0.3) is 22.8 Å². The number of nitrogens with zero attached hydrogens (tertiary/aromatic N) is 2. The van der Waals surface area contributed by atoms with Gasteiger partial charge in [0.15, 0.2) is 0 Å². The molecule has 0 amide bonds. The molecule has 0 unspecified atom stereocenters. The summed E-state index contributed by atoms with van der Waals surface area (Å²) in [6.45, 7) is 0. The molecule has 3 aromatic rings. The molecule has 0 aliphatic carbocycles. The monoisotopic (exact) mass is 289 g/mol. The van der Waals surface area contributed by atoms with Gasteiger partial charge in [-0.15, -0.1) is 0 Å². The number of hydrogen-bond acceptors (Lipinski definition) is 4. The first-order valence-electron chi connectivity index (χ1n) is 5.79. The van der Waals surface area contributed by atoms with E-state index in [0.29, 0.717) is 17.1 Å². The molecule has 4 nitrogen and oxygen atoms in total. The second-order valence-corrected chi connectivity index (χ2v) is 4.52. The second-order valence-electron chi connectivity index (χ2n) is 4.15. The molecule has 0 aliphatic rings. The third-order valence-electron chi connectivity index (χ3n) is 2.78. The van der Waals surface area contributed by atoms with Crippen LogP contribution in [-0.4, -0.2) is 10.1 Å². The number of anilines is 1. The van der Waals surface area contributed by atoms with Crippen molar-refractivity contribution in [3.8, 4) is 22.8 Å². The Morgan fingerprint density at radius 2 is 1.85 bits per heavy atom. The molecule has 0 saturated carbocycles. The van der Waals surface area contributed by atoms with Crippen molar-refractivity contribution in [1.82, 2.24) is 10.1 Å². The molecule has 0 atom stereocenters. The molecule has 6 heteroatoms. The molecule has 2 aromatic carbocycles. The van der Waals surface area contributed by atoms with E-state index >= 15 is 0 Å². The summed E-state index contributed by atoms with van der Waals surface area (Å²) >= 11 is 5.88. The van der Waals surface area contributed by atoms with Crippen molar-refractivity contribution in [3.05, 3.63) is 53.3 Å². The summed E-state index contributed by atoms with van der Waals surface area (Å²) in [7, 11) is 0. The lowest BCUT2D eigenvalue weighted by Gasteiger charge is -1.98. The van der Waals surface area contributed by atoms with Gasteiger partial charge >= 0.3 is 0 Å². The Bertz CT molecular complexity index is 755. The molecule has 20 heavy (non-hydrogen) atoms. The summed E-state index contributed by atoms with van der Waals surface area (Å²) in [4.78, 5) is 4.21. The van der Waals surface area contributed by atoms with Crippen molar-refractivity contribution in [2.45, 2.75) is 0 Å². The van der Waals surface area contributed by atoms with E-state index in [1.165, 1.54) is 12.1 Å². The Hall–Kier alpha value is -2.40. The zero-order valence-corrected chi connectivity index (χ0v) is 10.9. The number of aromatic nitrogens is 2. The van der Waals surface area contributed by atoms with Gasteiger partial charge in [-0.2, -0.15) is 4.98 Å². The lowest BCUT2D eigenvalue weighted by molar-refractivity contribution is 0.432. The molecule has 0 radical (unpaired) electrons. The van der Waals surface area contributed by atoms with E-state index in [2.05, 4.69) is 10.1 Å². The number of halogens is 2. The van der Waals surface area contributed by atoms with Crippen LogP contribution in [0.2, 0.25) is 5.02 Å². The highest BCUT2D eigenvalue weighted by Gasteiger charge is 2.15. The van der Waals surface area contributed by atoms with Gasteiger partial charge in [0.25, 0.3) is 5.89 Å². The smallest absolute Gasteiger partial charge is 0.259 e. The van der Waals surface area contributed by atoms with E-state index in [0.717, 1.165) is 5.56 Å². The largest absolute Gasteiger partial charge is 0.399 e. The SMILES string of the molecule is Nc1ccc(-c2noc(-c3cccc(F)c3Cl)n2)cc1. The van der Waals surface area contributed by atoms with Gasteiger partial charge in [0.05, 0.1) is 10.6 Å². The van der Waals surface area contributed by atoms with Gasteiger partial charge in [0.1, 0.15) is 5.82 Å². The zero-order valence-electron chi connectivity index (χ0n) is 10.2. The average molecular weight is 290 g/mol. The Kier molecular flexibility index (Phi) is 3.12. The van der Waals surface area contributed by atoms with Crippen LogP contribution >= 0.6 is 11.6 Å². The number of rotatable bonds is 2. The zero-order chi connectivity index (χ0) is 14.1. The minimum Gasteiger partial charge on any atom is -0.399 e. The molecule has 0 bridgehead atoms. The summed E-state index contributed by atoms with van der Waals surface area (Å²) in [5.74, 6) is 0.0260. The average Bonchev–Trinajstić information content (AvgIpc) is 2.92. The van der Waals surface area contributed by atoms with E-state index in [1.54, 1.807) is 30.3 Å². The third-order valence-corrected chi connectivity index (χ3v) is 3.16. The first-order chi connectivity index (χ1) is 9.65. The predicted molar refractivity (Wildman–Crippen MR) is 74.6 cm³/mol. The van der Waals surface area contributed by atoms with Crippen molar-refractivity contribution in [2.24, 2.45) is 0 Å². The van der Waals surface area contributed by atoms with Gasteiger partial charge < -0.3 is 10.3 Å². The molecule has 0 aliphatic heterocycles. The van der Waals surface area contributed by atoms with E-state index in [-0.39, 0.29) is 10.9 Å². The van der Waals surface area contributed by atoms with Crippen LogP contribution in [0.5, 0.6) is 0 Å². The van der Waals surface area contributed by atoms with Crippen LogP contribution < -0.4 is 5.73 Å². The first kappa shape index (κ1) is 12.6. The van der Waals surface area contributed by atoms with Crippen LogP contribution in [0.15, 0.2) is 47.0 Å². The topological polar surface area (TPSA) is 64.9 Å². The molecule has 1 heterocycles. The summed E-state index contributed by atoms with van der Waals surface area (Å²) in [6, 6.07) is 11.4. The van der Waals surface area contributed by atoms with E-state index in [9.17, 15) is 4.39 Å². The molecule has 100 valence electrons. The van der Waals surface area contributed by atoms with Gasteiger partial charge in [0.2, 0.25) is 5.82 Å². The fourth-order valence-electron chi connectivity index (χ4n) is 1.75. The lowest BCUT2D eigenvalue weighted by Crippen LogP contribution is -1.86. The summed E-state index contributed by atoms with van der Waals surface area (Å²) in [6.07, 6.45) is 0. The quantitative estimate of drug-likeness (QED) is 0.729. The fraction of sp³-hybridized carbons (Fsp3) is 0. The van der Waals surface area contributed by atoms with Crippen LogP contribution in [0, 0.1) is 5.82 Å². The molecular formula is C14H9ClFN3O. The highest BCUT2D eigenvalue weighted by molar-refractivity contribution is 6.33. The molecule has 2 N–H and O–H groups in total. The molecule has 0 saturated heterocycles. The molecule has 0 spiro atoms. The maximum atomic E-state index is 13.4. The van der Waals surface area contributed by atoms with Crippen molar-refractivity contribution in [3.63, 3.8) is 0 Å². The molecule has 3 rings (SSSR count). The molecular weight excluding hydrogens is 281 g/mol. The lowest BCUT2D eigenvalue weighted by atomic mass is 10.2. The normalized spacial score (nSPS) is 10.7. The van der Waals surface area contributed by atoms with Gasteiger partial charge in [-0.1, -0.05) is 22.8 Å². The van der Waals surface area contributed by atoms with Gasteiger partial charge in [0, 0.05) is 11.3 Å². The summed E-state index contributed by atoms with van der Waals surface area (Å²) < 4.78 is 18.5. The standard InChI is InChI=1S/C14H9ClFN3O/c15-12-10(2-1-3-11(12)16)14-18-13(19-20-14)8-4-6-9(17)7-5-8/h1-7H,17H2. The first-order valence-corrected chi connectivity index (χ1v) is 6.17. The van der Waals surface area contributed by atoms with Crippen molar-refractivity contribution in [2.75, 3.05) is 5.73 Å². The fourth-order valence-corrected chi connectivity index (χ4v) is 1.96. The maximum absolute atomic E-state index is 13.4. The van der Waals surface area contributed by atoms with Gasteiger partial charge in [-0.3, -0.25) is 0 Å². The van der Waals surface area contributed by atoms with Gasteiger partial charge in [-0.25, -0.2) is 4.39 Å². The molecule has 0 fully saturated rings. The number of nitrogen functional groups attached to an aromatic ring is 1. The Labute approximate surface area is 119 Å². The third kappa shape index (κ3) is 2.23. The van der Waals surface area contributed by atoms with Crippen LogP contribution in [0.1, 0.15) is 0 Å². The van der Waals surface area contributed by atoms with Crippen LogP contribution in [-0.2, 0) is 0 Å². The minimum absolute atomic E-state index is 0.0417. The predicted octanol–water partition coefficient (Wildman–Crippen LogP) is 3.78. The minimum atomic E-state index is -0.531. The highest BCUT2D eigenvalue weighted by atomic mass is 35.5. The van der Waals surface area contributed by atoms with Crippen LogP contribution in [0.4, 0.5) is 10.1 Å². The Morgan fingerprint density at radius 1 is 1.10 bits per heavy atom. The Morgan fingerprint density at radius 3 is 2.60 bits per heavy atom. The number of nitrogens with two attached hydrogens (primary N) is 1.